The molecule has 0 N–H and O–H groups in total. The molecule has 0 spiro atoms. The number of hydrogen-bond acceptors (Lipinski definition) is 3. The van der Waals surface area contributed by atoms with E-state index < -0.39 is 8.07 Å². The molecule has 6 heteroatoms. The normalized spacial score (nSPS) is 11.9. The molecule has 11 aromatic rings. The molecule has 4 aromatic heterocycles. The molecule has 268 valence electrons. The molecule has 0 radical (unpaired) electrons. The summed E-state index contributed by atoms with van der Waals surface area (Å²) in [6, 6.07) is 71.6. The van der Waals surface area contributed by atoms with Crippen molar-refractivity contribution in [2.45, 2.75) is 0 Å². The Balaban J connectivity index is 1.22. The summed E-state index contributed by atoms with van der Waals surface area (Å²) in [6.07, 6.45) is 4.03. The van der Waals surface area contributed by atoms with Gasteiger partial charge in [0.1, 0.15) is 5.82 Å². The Labute approximate surface area is 330 Å². The molecule has 0 saturated heterocycles. The third-order valence-corrected chi connectivity index (χ3v) is 16.1. The summed E-state index contributed by atoms with van der Waals surface area (Å²) in [5.41, 5.74) is 6.02. The highest BCUT2D eigenvalue weighted by Gasteiger charge is 2.41. The lowest BCUT2D eigenvalue weighted by Crippen LogP contribution is -2.74. The molecule has 11 rings (SSSR count). The summed E-state index contributed by atoms with van der Waals surface area (Å²) in [6.45, 7) is 0. The first-order valence-electron chi connectivity index (χ1n) is 19.3. The highest BCUT2D eigenvalue weighted by atomic mass is 28.3. The fourth-order valence-corrected chi connectivity index (χ4v) is 13.7. The van der Waals surface area contributed by atoms with Gasteiger partial charge in [-0.2, -0.15) is 4.98 Å². The molecule has 0 amide bonds. The van der Waals surface area contributed by atoms with Crippen LogP contribution < -0.4 is 20.7 Å². The first-order valence-corrected chi connectivity index (χ1v) is 21.3. The number of benzene rings is 7. The molecule has 57 heavy (non-hydrogen) atoms. The van der Waals surface area contributed by atoms with Crippen LogP contribution >= 0.6 is 0 Å². The van der Waals surface area contributed by atoms with Crippen molar-refractivity contribution in [2.75, 3.05) is 0 Å². The SMILES string of the molecule is c1ccc([Si](c2ccccc2)(c2ccccc2)c2cncc(-c3cc(-n4c5ccccc5c5ccccc54)nc(-n4c5ccccc5c5ccccc54)n3)c2)cc1. The molecule has 0 bridgehead atoms. The van der Waals surface area contributed by atoms with Gasteiger partial charge in [0.2, 0.25) is 5.95 Å². The molecule has 0 aliphatic rings. The maximum atomic E-state index is 5.47. The van der Waals surface area contributed by atoms with Gasteiger partial charge in [0.05, 0.1) is 27.8 Å². The summed E-state index contributed by atoms with van der Waals surface area (Å²) in [7, 11) is -2.86. The van der Waals surface area contributed by atoms with Crippen LogP contribution in [0.4, 0.5) is 0 Å². The summed E-state index contributed by atoms with van der Waals surface area (Å²) >= 11 is 0. The van der Waals surface area contributed by atoms with Crippen LogP contribution in [0.25, 0.3) is 66.6 Å². The van der Waals surface area contributed by atoms with Gasteiger partial charge in [0.25, 0.3) is 0 Å². The van der Waals surface area contributed by atoms with E-state index in [2.05, 4.69) is 216 Å². The zero-order valence-corrected chi connectivity index (χ0v) is 31.9. The van der Waals surface area contributed by atoms with Gasteiger partial charge in [-0.25, -0.2) is 4.98 Å². The third-order valence-electron chi connectivity index (χ3n) is 11.4. The molecule has 0 atom stereocenters. The van der Waals surface area contributed by atoms with Gasteiger partial charge < -0.3 is 0 Å². The molecule has 0 aliphatic carbocycles. The van der Waals surface area contributed by atoms with Crippen molar-refractivity contribution in [3.63, 3.8) is 0 Å². The van der Waals surface area contributed by atoms with Crippen molar-refractivity contribution in [3.05, 3.63) is 213 Å². The standard InChI is InChI=1S/C51H35N5Si/c1-4-18-37(19-5-1)57(38-20-6-2-7-21-38,39-22-8-3-9-23-39)40-32-36(34-52-35-40)45-33-50(55-46-28-14-10-24-41(46)42-25-11-15-29-47(42)55)54-51(53-45)56-48-30-16-12-26-43(48)44-27-13-17-31-49(44)56/h1-35H. The predicted octanol–water partition coefficient (Wildman–Crippen LogP) is 9.11. The van der Waals surface area contributed by atoms with Crippen LogP contribution in [0.1, 0.15) is 0 Å². The molecule has 0 unspecified atom stereocenters. The number of nitrogens with zero attached hydrogens (tertiary/aromatic N) is 5. The number of rotatable bonds is 7. The fraction of sp³-hybridized carbons (Fsp3) is 0. The smallest absolute Gasteiger partial charge is 0.237 e. The second-order valence-corrected chi connectivity index (χ2v) is 18.3. The Morgan fingerprint density at radius 2 is 0.754 bits per heavy atom. The Morgan fingerprint density at radius 3 is 1.21 bits per heavy atom. The summed E-state index contributed by atoms with van der Waals surface area (Å²) in [5, 5.41) is 9.74. The van der Waals surface area contributed by atoms with Crippen molar-refractivity contribution < 1.29 is 0 Å². The number of pyridine rings is 1. The third kappa shape index (κ3) is 5.19. The minimum Gasteiger partial charge on any atom is -0.294 e. The minimum absolute atomic E-state index is 0.602. The van der Waals surface area contributed by atoms with Crippen molar-refractivity contribution in [1.82, 2.24) is 24.1 Å². The number of fused-ring (bicyclic) bond motifs is 6. The van der Waals surface area contributed by atoms with E-state index in [0.717, 1.165) is 49.9 Å². The average Bonchev–Trinajstić information content (AvgIpc) is 3.81. The molecular formula is C51H35N5Si. The lowest BCUT2D eigenvalue weighted by molar-refractivity contribution is 0.951. The van der Waals surface area contributed by atoms with Crippen molar-refractivity contribution in [3.8, 4) is 23.0 Å². The topological polar surface area (TPSA) is 48.5 Å². The first-order chi connectivity index (χ1) is 28.3. The van der Waals surface area contributed by atoms with Gasteiger partial charge in [0.15, 0.2) is 8.07 Å². The Hall–Kier alpha value is -7.41. The van der Waals surface area contributed by atoms with Crippen molar-refractivity contribution in [2.24, 2.45) is 0 Å². The van der Waals surface area contributed by atoms with Crippen molar-refractivity contribution in [1.29, 1.82) is 0 Å². The zero-order valence-electron chi connectivity index (χ0n) is 30.9. The Bertz CT molecular complexity index is 2910. The van der Waals surface area contributed by atoms with E-state index >= 15 is 0 Å². The average molecular weight is 746 g/mol. The molecule has 0 aliphatic heterocycles. The van der Waals surface area contributed by atoms with Crippen LogP contribution in [-0.4, -0.2) is 32.2 Å². The van der Waals surface area contributed by atoms with Crippen LogP contribution in [0.5, 0.6) is 0 Å². The number of hydrogen-bond donors (Lipinski definition) is 0. The minimum atomic E-state index is -2.86. The molecule has 4 heterocycles. The van der Waals surface area contributed by atoms with E-state index in [1.54, 1.807) is 0 Å². The predicted molar refractivity (Wildman–Crippen MR) is 238 cm³/mol. The van der Waals surface area contributed by atoms with E-state index in [9.17, 15) is 0 Å². The first kappa shape index (κ1) is 33.0. The van der Waals surface area contributed by atoms with Crippen LogP contribution in [0, 0.1) is 0 Å². The van der Waals surface area contributed by atoms with E-state index in [1.165, 1.54) is 31.5 Å². The second-order valence-electron chi connectivity index (χ2n) is 14.5. The van der Waals surface area contributed by atoms with Crippen LogP contribution in [-0.2, 0) is 0 Å². The lowest BCUT2D eigenvalue weighted by atomic mass is 10.2. The molecular weight excluding hydrogens is 711 g/mol. The Morgan fingerprint density at radius 1 is 0.351 bits per heavy atom. The van der Waals surface area contributed by atoms with Gasteiger partial charge in [-0.1, -0.05) is 164 Å². The van der Waals surface area contributed by atoms with Crippen LogP contribution in [0.3, 0.4) is 0 Å². The maximum Gasteiger partial charge on any atom is 0.237 e. The highest BCUT2D eigenvalue weighted by molar-refractivity contribution is 7.19. The second kappa shape index (κ2) is 13.4. The van der Waals surface area contributed by atoms with Gasteiger partial charge in [-0.15, -0.1) is 0 Å². The van der Waals surface area contributed by atoms with Gasteiger partial charge >= 0.3 is 0 Å². The van der Waals surface area contributed by atoms with Gasteiger partial charge in [-0.05, 0) is 51.1 Å². The van der Waals surface area contributed by atoms with Gasteiger partial charge in [0, 0.05) is 45.6 Å². The fourth-order valence-electron chi connectivity index (χ4n) is 8.94. The van der Waals surface area contributed by atoms with E-state index in [0.29, 0.717) is 5.95 Å². The van der Waals surface area contributed by atoms with Crippen LogP contribution in [0.15, 0.2) is 213 Å². The molecule has 0 fully saturated rings. The van der Waals surface area contributed by atoms with Crippen LogP contribution in [0.2, 0.25) is 0 Å². The quantitative estimate of drug-likeness (QED) is 0.121. The van der Waals surface area contributed by atoms with E-state index in [4.69, 9.17) is 15.0 Å². The van der Waals surface area contributed by atoms with E-state index in [1.807, 2.05) is 6.20 Å². The largest absolute Gasteiger partial charge is 0.294 e. The van der Waals surface area contributed by atoms with Gasteiger partial charge in [-0.3, -0.25) is 14.1 Å². The molecule has 7 aromatic carbocycles. The number of para-hydroxylation sites is 4. The monoisotopic (exact) mass is 745 g/mol. The summed E-state index contributed by atoms with van der Waals surface area (Å²) in [5.74, 6) is 1.39. The lowest BCUT2D eigenvalue weighted by Gasteiger charge is -2.34. The molecule has 0 saturated carbocycles. The summed E-state index contributed by atoms with van der Waals surface area (Å²) < 4.78 is 4.49. The maximum absolute atomic E-state index is 5.47. The van der Waals surface area contributed by atoms with E-state index in [-0.39, 0.29) is 0 Å². The Kier molecular flexibility index (Phi) is 7.76. The summed E-state index contributed by atoms with van der Waals surface area (Å²) in [4.78, 5) is 16.0. The highest BCUT2D eigenvalue weighted by Crippen LogP contribution is 2.35. The zero-order chi connectivity index (χ0) is 37.8. The molecule has 5 nitrogen and oxygen atoms in total. The number of aromatic nitrogens is 5. The van der Waals surface area contributed by atoms with Crippen molar-refractivity contribution >= 4 is 72.4 Å².